The number of nitrogens with zero attached hydrogens (tertiary/aromatic N) is 1. The van der Waals surface area contributed by atoms with E-state index in [0.717, 1.165) is 11.0 Å². The second-order valence-electron chi connectivity index (χ2n) is 5.54. The molecule has 0 atom stereocenters. The minimum atomic E-state index is 1.06. The third kappa shape index (κ3) is 1.67. The molecule has 0 fully saturated rings. The number of fused-ring (bicyclic) bond motifs is 4. The van der Waals surface area contributed by atoms with E-state index < -0.39 is 0 Å². The summed E-state index contributed by atoms with van der Waals surface area (Å²) in [7, 11) is 0. The maximum atomic E-state index is 4.80. The number of pyridine rings is 1. The van der Waals surface area contributed by atoms with Gasteiger partial charge in [-0.25, -0.2) is 4.98 Å². The highest BCUT2D eigenvalue weighted by Crippen LogP contribution is 2.28. The molecule has 0 N–H and O–H groups in total. The average molecular weight is 257 g/mol. The van der Waals surface area contributed by atoms with Gasteiger partial charge >= 0.3 is 0 Å². The maximum Gasteiger partial charge on any atom is 0.0716 e. The summed E-state index contributed by atoms with van der Waals surface area (Å²) >= 11 is 0. The first-order chi connectivity index (χ1) is 9.70. The SMILES string of the molecule is Cc1ccc2nc3ccc4ccc(C)cc4c3cc2c1. The van der Waals surface area contributed by atoms with Crippen LogP contribution < -0.4 is 0 Å². The standard InChI is InChI=1S/C19H15N/c1-12-4-7-18-15(9-12)11-17-16-10-13(2)3-5-14(16)6-8-19(17)20-18/h3-11H,1-2H3. The second kappa shape index (κ2) is 4.04. The number of benzene rings is 3. The molecular formula is C19H15N. The summed E-state index contributed by atoms with van der Waals surface area (Å²) in [4.78, 5) is 4.80. The molecule has 1 nitrogen and oxygen atoms in total. The molecule has 0 saturated heterocycles. The lowest BCUT2D eigenvalue weighted by molar-refractivity contribution is 1.45. The van der Waals surface area contributed by atoms with Crippen molar-refractivity contribution in [3.63, 3.8) is 0 Å². The molecule has 4 aromatic rings. The van der Waals surface area contributed by atoms with Crippen LogP contribution in [0.4, 0.5) is 0 Å². The monoisotopic (exact) mass is 257 g/mol. The van der Waals surface area contributed by atoms with Gasteiger partial charge in [0.25, 0.3) is 0 Å². The van der Waals surface area contributed by atoms with E-state index in [2.05, 4.69) is 68.4 Å². The summed E-state index contributed by atoms with van der Waals surface area (Å²) in [5.74, 6) is 0. The molecule has 96 valence electrons. The van der Waals surface area contributed by atoms with Crippen LogP contribution in [0.15, 0.2) is 54.6 Å². The Hall–Kier alpha value is -2.41. The van der Waals surface area contributed by atoms with E-state index in [-0.39, 0.29) is 0 Å². The zero-order valence-electron chi connectivity index (χ0n) is 11.6. The van der Waals surface area contributed by atoms with Crippen LogP contribution in [0.2, 0.25) is 0 Å². The Balaban J connectivity index is 2.22. The van der Waals surface area contributed by atoms with Gasteiger partial charge in [0, 0.05) is 10.8 Å². The van der Waals surface area contributed by atoms with E-state index >= 15 is 0 Å². The fraction of sp³-hybridized carbons (Fsp3) is 0.105. The van der Waals surface area contributed by atoms with Gasteiger partial charge in [-0.1, -0.05) is 41.5 Å². The highest BCUT2D eigenvalue weighted by Gasteiger charge is 2.04. The number of rotatable bonds is 0. The Labute approximate surface area is 117 Å². The molecule has 0 aliphatic heterocycles. The van der Waals surface area contributed by atoms with Gasteiger partial charge in [-0.3, -0.25) is 0 Å². The van der Waals surface area contributed by atoms with Crippen molar-refractivity contribution in [3.05, 3.63) is 65.7 Å². The van der Waals surface area contributed by atoms with Crippen LogP contribution >= 0.6 is 0 Å². The van der Waals surface area contributed by atoms with Crippen LogP contribution in [-0.2, 0) is 0 Å². The zero-order chi connectivity index (χ0) is 13.7. The molecule has 1 aromatic heterocycles. The van der Waals surface area contributed by atoms with E-state index in [9.17, 15) is 0 Å². The van der Waals surface area contributed by atoms with Crippen molar-refractivity contribution < 1.29 is 0 Å². The van der Waals surface area contributed by atoms with Gasteiger partial charge in [-0.15, -0.1) is 0 Å². The number of aromatic nitrogens is 1. The summed E-state index contributed by atoms with van der Waals surface area (Å²) in [6.45, 7) is 4.26. The molecule has 20 heavy (non-hydrogen) atoms. The largest absolute Gasteiger partial charge is 0.248 e. The lowest BCUT2D eigenvalue weighted by Gasteiger charge is -2.07. The van der Waals surface area contributed by atoms with Gasteiger partial charge in [-0.05, 0) is 48.9 Å². The Morgan fingerprint density at radius 3 is 2.20 bits per heavy atom. The van der Waals surface area contributed by atoms with Gasteiger partial charge in [-0.2, -0.15) is 0 Å². The maximum absolute atomic E-state index is 4.80. The predicted molar refractivity (Wildman–Crippen MR) is 86.2 cm³/mol. The topological polar surface area (TPSA) is 12.9 Å². The number of hydrogen-bond acceptors (Lipinski definition) is 1. The third-order valence-electron chi connectivity index (χ3n) is 3.92. The van der Waals surface area contributed by atoms with Crippen molar-refractivity contribution in [1.82, 2.24) is 4.98 Å². The smallest absolute Gasteiger partial charge is 0.0716 e. The molecule has 0 aliphatic rings. The number of hydrogen-bond donors (Lipinski definition) is 0. The molecule has 0 radical (unpaired) electrons. The molecule has 1 heterocycles. The summed E-state index contributed by atoms with van der Waals surface area (Å²) in [6, 6.07) is 19.6. The van der Waals surface area contributed by atoms with Gasteiger partial charge in [0.15, 0.2) is 0 Å². The minimum absolute atomic E-state index is 1.06. The molecule has 4 rings (SSSR count). The first-order valence-electron chi connectivity index (χ1n) is 6.91. The van der Waals surface area contributed by atoms with Crippen LogP contribution in [-0.4, -0.2) is 4.98 Å². The van der Waals surface area contributed by atoms with Crippen molar-refractivity contribution >= 4 is 32.6 Å². The lowest BCUT2D eigenvalue weighted by atomic mass is 10.0. The van der Waals surface area contributed by atoms with Gasteiger partial charge < -0.3 is 0 Å². The fourth-order valence-electron chi connectivity index (χ4n) is 2.87. The Morgan fingerprint density at radius 1 is 0.600 bits per heavy atom. The van der Waals surface area contributed by atoms with Crippen LogP contribution in [0.1, 0.15) is 11.1 Å². The fourth-order valence-corrected chi connectivity index (χ4v) is 2.87. The minimum Gasteiger partial charge on any atom is -0.248 e. The molecule has 1 heteroatoms. The highest BCUT2D eigenvalue weighted by molar-refractivity contribution is 6.09. The van der Waals surface area contributed by atoms with Crippen LogP contribution in [0.3, 0.4) is 0 Å². The van der Waals surface area contributed by atoms with E-state index in [1.165, 1.54) is 32.7 Å². The van der Waals surface area contributed by atoms with Crippen molar-refractivity contribution in [2.24, 2.45) is 0 Å². The molecule has 0 spiro atoms. The predicted octanol–water partition coefficient (Wildman–Crippen LogP) is 5.16. The summed E-state index contributed by atoms with van der Waals surface area (Å²) < 4.78 is 0. The lowest BCUT2D eigenvalue weighted by Crippen LogP contribution is -1.85. The summed E-state index contributed by atoms with van der Waals surface area (Å²) in [6.07, 6.45) is 0. The van der Waals surface area contributed by atoms with Crippen molar-refractivity contribution in [3.8, 4) is 0 Å². The quantitative estimate of drug-likeness (QED) is 0.313. The van der Waals surface area contributed by atoms with Crippen LogP contribution in [0.25, 0.3) is 32.6 Å². The molecular weight excluding hydrogens is 242 g/mol. The second-order valence-corrected chi connectivity index (χ2v) is 5.54. The Morgan fingerprint density at radius 2 is 1.30 bits per heavy atom. The summed E-state index contributed by atoms with van der Waals surface area (Å²) in [5.41, 5.74) is 4.69. The third-order valence-corrected chi connectivity index (χ3v) is 3.92. The Kier molecular flexibility index (Phi) is 2.31. The first kappa shape index (κ1) is 11.4. The van der Waals surface area contributed by atoms with Crippen molar-refractivity contribution in [2.75, 3.05) is 0 Å². The molecule has 0 saturated carbocycles. The van der Waals surface area contributed by atoms with E-state index in [1.807, 2.05) is 0 Å². The van der Waals surface area contributed by atoms with E-state index in [4.69, 9.17) is 4.98 Å². The zero-order valence-corrected chi connectivity index (χ0v) is 11.6. The number of aryl methyl sites for hydroxylation is 2. The van der Waals surface area contributed by atoms with E-state index in [1.54, 1.807) is 0 Å². The van der Waals surface area contributed by atoms with Gasteiger partial charge in [0.2, 0.25) is 0 Å². The Bertz CT molecular complexity index is 961. The van der Waals surface area contributed by atoms with E-state index in [0.29, 0.717) is 0 Å². The van der Waals surface area contributed by atoms with Crippen LogP contribution in [0, 0.1) is 13.8 Å². The molecule has 0 bridgehead atoms. The molecule has 0 amide bonds. The molecule has 0 unspecified atom stereocenters. The first-order valence-corrected chi connectivity index (χ1v) is 6.91. The molecule has 0 aliphatic carbocycles. The van der Waals surface area contributed by atoms with Gasteiger partial charge in [0.05, 0.1) is 11.0 Å². The van der Waals surface area contributed by atoms with Crippen molar-refractivity contribution in [1.29, 1.82) is 0 Å². The highest BCUT2D eigenvalue weighted by atomic mass is 14.7. The summed E-state index contributed by atoms with van der Waals surface area (Å²) in [5, 5.41) is 5.02. The normalized spacial score (nSPS) is 11.5. The van der Waals surface area contributed by atoms with Crippen molar-refractivity contribution in [2.45, 2.75) is 13.8 Å². The van der Waals surface area contributed by atoms with Crippen LogP contribution in [0.5, 0.6) is 0 Å². The van der Waals surface area contributed by atoms with Gasteiger partial charge in [0.1, 0.15) is 0 Å². The molecule has 3 aromatic carbocycles. The average Bonchev–Trinajstić information content (AvgIpc) is 2.45.